The van der Waals surface area contributed by atoms with Gasteiger partial charge in [0.05, 0.1) is 18.4 Å². The maximum absolute atomic E-state index is 12.9. The molecule has 1 fully saturated rings. The molecular formula is C17H24N2O4. The van der Waals surface area contributed by atoms with Crippen molar-refractivity contribution in [3.63, 3.8) is 0 Å². The summed E-state index contributed by atoms with van der Waals surface area (Å²) >= 11 is 0. The number of ether oxygens (including phenoxy) is 1. The van der Waals surface area contributed by atoms with Crippen LogP contribution in [0.4, 0.5) is 0 Å². The average molecular weight is 320 g/mol. The van der Waals surface area contributed by atoms with E-state index in [1.165, 1.54) is 19.7 Å². The Bertz CT molecular complexity index is 610. The molecule has 0 radical (unpaired) electrons. The second kappa shape index (κ2) is 7.44. The van der Waals surface area contributed by atoms with E-state index in [2.05, 4.69) is 5.16 Å². The Kier molecular flexibility index (Phi) is 5.58. The van der Waals surface area contributed by atoms with Gasteiger partial charge in [0.2, 0.25) is 5.78 Å². The summed E-state index contributed by atoms with van der Waals surface area (Å²) in [7, 11) is 4.76. The molecule has 0 aromatic carbocycles. The van der Waals surface area contributed by atoms with E-state index in [9.17, 15) is 9.59 Å². The summed E-state index contributed by atoms with van der Waals surface area (Å²) in [4.78, 5) is 26.6. The number of aryl methyl sites for hydroxylation is 1. The Labute approximate surface area is 136 Å². The second-order valence-electron chi connectivity index (χ2n) is 6.16. The summed E-state index contributed by atoms with van der Waals surface area (Å²) < 4.78 is 10.0. The highest BCUT2D eigenvalue weighted by Crippen LogP contribution is 2.35. The standard InChI is InChI=1S/C17H24N2O4/c1-11-14(15(18-23-11)12-8-6-5-7-9-12)16(20)13(10-19(2)3)17(21)22-4/h10,12H,5-9H2,1-4H3/b13-10-. The number of aromatic nitrogens is 1. The molecule has 6 nitrogen and oxygen atoms in total. The number of hydrogen-bond donors (Lipinski definition) is 0. The molecule has 126 valence electrons. The van der Waals surface area contributed by atoms with Crippen molar-refractivity contribution < 1.29 is 18.8 Å². The van der Waals surface area contributed by atoms with E-state index in [4.69, 9.17) is 9.26 Å². The Hall–Kier alpha value is -2.11. The number of nitrogens with zero attached hydrogens (tertiary/aromatic N) is 2. The van der Waals surface area contributed by atoms with Gasteiger partial charge in [-0.15, -0.1) is 0 Å². The monoisotopic (exact) mass is 320 g/mol. The zero-order valence-corrected chi connectivity index (χ0v) is 14.2. The number of carbonyl (C=O) groups excluding carboxylic acids is 2. The highest BCUT2D eigenvalue weighted by molar-refractivity contribution is 6.24. The minimum Gasteiger partial charge on any atom is -0.465 e. The molecule has 23 heavy (non-hydrogen) atoms. The van der Waals surface area contributed by atoms with Gasteiger partial charge in [-0.05, 0) is 19.8 Å². The van der Waals surface area contributed by atoms with E-state index >= 15 is 0 Å². The molecule has 0 spiro atoms. The van der Waals surface area contributed by atoms with Crippen molar-refractivity contribution in [2.45, 2.75) is 44.9 Å². The first-order valence-corrected chi connectivity index (χ1v) is 7.93. The summed E-state index contributed by atoms with van der Waals surface area (Å²) in [6.07, 6.45) is 6.94. The molecule has 1 aromatic rings. The maximum atomic E-state index is 12.9. The third kappa shape index (κ3) is 3.81. The Balaban J connectivity index is 2.41. The van der Waals surface area contributed by atoms with Crippen molar-refractivity contribution in [2.75, 3.05) is 21.2 Å². The lowest BCUT2D eigenvalue weighted by Gasteiger charge is -2.20. The van der Waals surface area contributed by atoms with Crippen LogP contribution in [0, 0.1) is 6.92 Å². The number of esters is 1. The summed E-state index contributed by atoms with van der Waals surface area (Å²) in [5.74, 6) is -0.369. The second-order valence-corrected chi connectivity index (χ2v) is 6.16. The first kappa shape index (κ1) is 17.2. The number of hydrogen-bond acceptors (Lipinski definition) is 6. The van der Waals surface area contributed by atoms with Gasteiger partial charge >= 0.3 is 5.97 Å². The minimum atomic E-state index is -0.654. The average Bonchev–Trinajstić information content (AvgIpc) is 2.93. The topological polar surface area (TPSA) is 72.6 Å². The molecule has 0 bridgehead atoms. The zero-order chi connectivity index (χ0) is 17.0. The SMILES string of the molecule is COC(=O)/C(=C\N(C)C)C(=O)c1c(C2CCCCC2)noc1C. The van der Waals surface area contributed by atoms with Crippen molar-refractivity contribution >= 4 is 11.8 Å². The highest BCUT2D eigenvalue weighted by Gasteiger charge is 2.31. The van der Waals surface area contributed by atoms with Gasteiger partial charge in [0, 0.05) is 26.2 Å². The van der Waals surface area contributed by atoms with E-state index in [-0.39, 0.29) is 17.3 Å². The molecule has 0 aliphatic heterocycles. The van der Waals surface area contributed by atoms with Crippen molar-refractivity contribution in [3.8, 4) is 0 Å². The quantitative estimate of drug-likeness (QED) is 0.273. The number of rotatable bonds is 5. The lowest BCUT2D eigenvalue weighted by molar-refractivity contribution is -0.135. The molecule has 0 atom stereocenters. The Morgan fingerprint density at radius 2 is 1.91 bits per heavy atom. The first-order valence-electron chi connectivity index (χ1n) is 7.93. The number of ketones is 1. The van der Waals surface area contributed by atoms with Crippen LogP contribution in [0.15, 0.2) is 16.3 Å². The molecule has 1 heterocycles. The van der Waals surface area contributed by atoms with Crippen LogP contribution in [0.1, 0.15) is 59.8 Å². The van der Waals surface area contributed by atoms with Crippen molar-refractivity contribution in [2.24, 2.45) is 0 Å². The molecular weight excluding hydrogens is 296 g/mol. The summed E-state index contributed by atoms with van der Waals surface area (Å²) in [6, 6.07) is 0. The molecule has 0 amide bonds. The largest absolute Gasteiger partial charge is 0.465 e. The van der Waals surface area contributed by atoms with E-state index in [0.717, 1.165) is 25.7 Å². The number of carbonyl (C=O) groups is 2. The molecule has 0 saturated heterocycles. The van der Waals surface area contributed by atoms with Gasteiger partial charge in [-0.3, -0.25) is 4.79 Å². The van der Waals surface area contributed by atoms with Gasteiger partial charge in [-0.25, -0.2) is 4.79 Å². The van der Waals surface area contributed by atoms with Crippen LogP contribution >= 0.6 is 0 Å². The fourth-order valence-corrected chi connectivity index (χ4v) is 3.03. The predicted octanol–water partition coefficient (Wildman–Crippen LogP) is 2.83. The smallest absolute Gasteiger partial charge is 0.343 e. The molecule has 1 aliphatic rings. The Morgan fingerprint density at radius 1 is 1.26 bits per heavy atom. The van der Waals surface area contributed by atoms with Crippen LogP contribution in [0.25, 0.3) is 0 Å². The van der Waals surface area contributed by atoms with Crippen LogP contribution in [-0.2, 0) is 9.53 Å². The summed E-state index contributed by atoms with van der Waals surface area (Å²) in [5, 5.41) is 4.12. The van der Waals surface area contributed by atoms with Crippen LogP contribution < -0.4 is 0 Å². The van der Waals surface area contributed by atoms with Crippen LogP contribution in [0.5, 0.6) is 0 Å². The van der Waals surface area contributed by atoms with Crippen molar-refractivity contribution in [3.05, 3.63) is 28.8 Å². The van der Waals surface area contributed by atoms with Gasteiger partial charge in [-0.2, -0.15) is 0 Å². The molecule has 1 aromatic heterocycles. The highest BCUT2D eigenvalue weighted by atomic mass is 16.5. The number of methoxy groups -OCH3 is 1. The third-order valence-corrected chi connectivity index (χ3v) is 4.15. The van der Waals surface area contributed by atoms with Gasteiger partial charge in [-0.1, -0.05) is 24.4 Å². The molecule has 6 heteroatoms. The van der Waals surface area contributed by atoms with Gasteiger partial charge in [0.15, 0.2) is 0 Å². The first-order chi connectivity index (χ1) is 11.0. The number of Topliss-reactive ketones (excluding diaryl/α,β-unsaturated/α-hetero) is 1. The fourth-order valence-electron chi connectivity index (χ4n) is 3.03. The zero-order valence-electron chi connectivity index (χ0n) is 14.2. The Morgan fingerprint density at radius 3 is 2.48 bits per heavy atom. The van der Waals surface area contributed by atoms with Gasteiger partial charge in [0.25, 0.3) is 0 Å². The van der Waals surface area contributed by atoms with E-state index in [1.54, 1.807) is 25.9 Å². The molecule has 0 N–H and O–H groups in total. The van der Waals surface area contributed by atoms with Crippen LogP contribution in [0.2, 0.25) is 0 Å². The molecule has 0 unspecified atom stereocenters. The van der Waals surface area contributed by atoms with Crippen LogP contribution in [0.3, 0.4) is 0 Å². The summed E-state index contributed by atoms with van der Waals surface area (Å²) in [6.45, 7) is 1.71. The molecule has 1 saturated carbocycles. The van der Waals surface area contributed by atoms with E-state index in [0.29, 0.717) is 17.0 Å². The van der Waals surface area contributed by atoms with Gasteiger partial charge in [0.1, 0.15) is 11.3 Å². The fraction of sp³-hybridized carbons (Fsp3) is 0.588. The van der Waals surface area contributed by atoms with Crippen LogP contribution in [-0.4, -0.2) is 43.0 Å². The normalized spacial score (nSPS) is 16.3. The lowest BCUT2D eigenvalue weighted by Crippen LogP contribution is -2.20. The predicted molar refractivity (Wildman–Crippen MR) is 85.2 cm³/mol. The van der Waals surface area contributed by atoms with Crippen molar-refractivity contribution in [1.29, 1.82) is 0 Å². The van der Waals surface area contributed by atoms with Crippen molar-refractivity contribution in [1.82, 2.24) is 10.1 Å². The molecule has 2 rings (SSSR count). The maximum Gasteiger partial charge on any atom is 0.343 e. The lowest BCUT2D eigenvalue weighted by atomic mass is 9.84. The third-order valence-electron chi connectivity index (χ3n) is 4.15. The van der Waals surface area contributed by atoms with Gasteiger partial charge < -0.3 is 14.2 Å². The van der Waals surface area contributed by atoms with E-state index < -0.39 is 5.97 Å². The summed E-state index contributed by atoms with van der Waals surface area (Å²) in [5.41, 5.74) is 1.08. The minimum absolute atomic E-state index is 0.0131. The van der Waals surface area contributed by atoms with E-state index in [1.807, 2.05) is 0 Å². The molecule has 1 aliphatic carbocycles.